The predicted molar refractivity (Wildman–Crippen MR) is 111 cm³/mol. The summed E-state index contributed by atoms with van der Waals surface area (Å²) in [5.41, 5.74) is 4.35. The Kier molecular flexibility index (Phi) is 6.44. The van der Waals surface area contributed by atoms with Gasteiger partial charge in [-0.1, -0.05) is 53.7 Å². The molecule has 0 aliphatic carbocycles. The number of rotatable bonds is 7. The smallest absolute Gasteiger partial charge is 0.234 e. The largest absolute Gasteiger partial charge is 0.365 e. The van der Waals surface area contributed by atoms with Gasteiger partial charge in [-0.3, -0.25) is 4.79 Å². The van der Waals surface area contributed by atoms with Gasteiger partial charge in [0.25, 0.3) is 0 Å². The summed E-state index contributed by atoms with van der Waals surface area (Å²) in [5.74, 6) is 0.941. The van der Waals surface area contributed by atoms with Crippen molar-refractivity contribution in [2.75, 3.05) is 16.4 Å². The number of nitrogens with zero attached hydrogens (tertiary/aromatic N) is 2. The minimum Gasteiger partial charge on any atom is -0.365 e. The van der Waals surface area contributed by atoms with Gasteiger partial charge < -0.3 is 10.6 Å². The maximum absolute atomic E-state index is 12.1. The number of anilines is 2. The molecular weight excluding hydrogens is 356 g/mol. The maximum atomic E-state index is 12.1. The highest BCUT2D eigenvalue weighted by Crippen LogP contribution is 2.17. The molecule has 27 heavy (non-hydrogen) atoms. The van der Waals surface area contributed by atoms with Crippen LogP contribution in [0.3, 0.4) is 0 Å². The first-order chi connectivity index (χ1) is 13.1. The van der Waals surface area contributed by atoms with Crippen LogP contribution >= 0.6 is 11.8 Å². The molecule has 2 aromatic carbocycles. The summed E-state index contributed by atoms with van der Waals surface area (Å²) >= 11 is 1.36. The molecule has 0 spiro atoms. The quantitative estimate of drug-likeness (QED) is 0.595. The molecule has 0 aliphatic heterocycles. The molecule has 0 aliphatic rings. The van der Waals surface area contributed by atoms with Crippen molar-refractivity contribution in [3.8, 4) is 0 Å². The molecule has 1 heterocycles. The molecule has 0 saturated heterocycles. The van der Waals surface area contributed by atoms with Crippen LogP contribution in [0, 0.1) is 13.8 Å². The summed E-state index contributed by atoms with van der Waals surface area (Å²) in [6.07, 6.45) is 0. The Morgan fingerprint density at radius 1 is 0.963 bits per heavy atom. The third kappa shape index (κ3) is 6.11. The Morgan fingerprint density at radius 2 is 1.78 bits per heavy atom. The normalized spacial score (nSPS) is 10.4. The minimum absolute atomic E-state index is 0.0611. The van der Waals surface area contributed by atoms with Crippen molar-refractivity contribution in [2.45, 2.75) is 25.4 Å². The Balaban J connectivity index is 1.45. The van der Waals surface area contributed by atoms with Gasteiger partial charge in [0.05, 0.1) is 5.75 Å². The van der Waals surface area contributed by atoms with Crippen molar-refractivity contribution in [2.24, 2.45) is 0 Å². The van der Waals surface area contributed by atoms with Gasteiger partial charge in [0.1, 0.15) is 10.8 Å². The van der Waals surface area contributed by atoms with Gasteiger partial charge in [-0.15, -0.1) is 10.2 Å². The lowest BCUT2D eigenvalue weighted by Gasteiger charge is -2.07. The molecular formula is C21H22N4OS. The molecule has 1 amide bonds. The molecule has 6 heteroatoms. The van der Waals surface area contributed by atoms with Crippen LogP contribution in [0.4, 0.5) is 11.5 Å². The van der Waals surface area contributed by atoms with Crippen molar-refractivity contribution in [3.63, 3.8) is 0 Å². The fourth-order valence-electron chi connectivity index (χ4n) is 2.45. The van der Waals surface area contributed by atoms with Gasteiger partial charge in [0.2, 0.25) is 5.91 Å². The highest BCUT2D eigenvalue weighted by atomic mass is 32.2. The lowest BCUT2D eigenvalue weighted by molar-refractivity contribution is -0.113. The molecule has 1 aromatic heterocycles. The van der Waals surface area contributed by atoms with E-state index in [0.717, 1.165) is 16.3 Å². The number of benzene rings is 2. The Bertz CT molecular complexity index is 895. The molecule has 0 radical (unpaired) electrons. The number of amides is 1. The maximum Gasteiger partial charge on any atom is 0.234 e. The average Bonchev–Trinajstić information content (AvgIpc) is 2.67. The van der Waals surface area contributed by atoms with Gasteiger partial charge >= 0.3 is 0 Å². The molecule has 138 valence electrons. The van der Waals surface area contributed by atoms with Gasteiger partial charge in [-0.05, 0) is 49.2 Å². The molecule has 0 bridgehead atoms. The van der Waals surface area contributed by atoms with E-state index >= 15 is 0 Å². The zero-order chi connectivity index (χ0) is 19.1. The van der Waals surface area contributed by atoms with Crippen molar-refractivity contribution >= 4 is 29.2 Å². The predicted octanol–water partition coefficient (Wildman–Crippen LogP) is 4.44. The number of aromatic nitrogens is 2. The van der Waals surface area contributed by atoms with E-state index in [9.17, 15) is 4.79 Å². The summed E-state index contributed by atoms with van der Waals surface area (Å²) in [6.45, 7) is 4.76. The Hall–Kier alpha value is -2.86. The summed E-state index contributed by atoms with van der Waals surface area (Å²) in [5, 5.41) is 15.2. The minimum atomic E-state index is -0.0611. The topological polar surface area (TPSA) is 66.9 Å². The second kappa shape index (κ2) is 9.19. The number of carbonyl (C=O) groups excluding carboxylic acids is 1. The van der Waals surface area contributed by atoms with Crippen molar-refractivity contribution in [1.82, 2.24) is 10.2 Å². The van der Waals surface area contributed by atoms with E-state index < -0.39 is 0 Å². The molecule has 0 fully saturated rings. The first-order valence-corrected chi connectivity index (χ1v) is 9.69. The average molecular weight is 379 g/mol. The molecule has 5 nitrogen and oxygen atoms in total. The van der Waals surface area contributed by atoms with E-state index in [4.69, 9.17) is 0 Å². The standard InChI is InChI=1S/C21H22N4OS/c1-15-6-8-17(9-7-15)13-22-19-10-11-21(25-24-19)27-14-20(26)23-18-5-3-4-16(2)12-18/h3-12H,13-14H2,1-2H3,(H,22,24)(H,23,26). The molecule has 0 saturated carbocycles. The van der Waals surface area contributed by atoms with E-state index in [1.165, 1.54) is 22.9 Å². The molecule has 3 rings (SSSR count). The fraction of sp³-hybridized carbons (Fsp3) is 0.190. The summed E-state index contributed by atoms with van der Waals surface area (Å²) < 4.78 is 0. The SMILES string of the molecule is Cc1ccc(CNc2ccc(SCC(=O)Nc3cccc(C)c3)nn2)cc1. The molecule has 0 atom stereocenters. The zero-order valence-electron chi connectivity index (χ0n) is 15.4. The zero-order valence-corrected chi connectivity index (χ0v) is 16.2. The number of aryl methyl sites for hydroxylation is 2. The van der Waals surface area contributed by atoms with Crippen LogP contribution < -0.4 is 10.6 Å². The third-order valence-electron chi connectivity index (χ3n) is 3.89. The summed E-state index contributed by atoms with van der Waals surface area (Å²) in [7, 11) is 0. The van der Waals surface area contributed by atoms with E-state index in [1.54, 1.807) is 0 Å². The molecule has 0 unspecified atom stereocenters. The second-order valence-corrected chi connectivity index (χ2v) is 7.30. The number of carbonyl (C=O) groups is 1. The first kappa shape index (κ1) is 18.9. The van der Waals surface area contributed by atoms with Gasteiger partial charge in [-0.25, -0.2) is 0 Å². The van der Waals surface area contributed by atoms with Crippen molar-refractivity contribution < 1.29 is 4.79 Å². The van der Waals surface area contributed by atoms with Crippen LogP contribution in [0.5, 0.6) is 0 Å². The van der Waals surface area contributed by atoms with E-state index in [0.29, 0.717) is 18.1 Å². The van der Waals surface area contributed by atoms with Gasteiger partial charge in [-0.2, -0.15) is 0 Å². The number of thioether (sulfide) groups is 1. The van der Waals surface area contributed by atoms with Crippen LogP contribution in [0.1, 0.15) is 16.7 Å². The fourth-order valence-corrected chi connectivity index (χ4v) is 3.06. The molecule has 3 aromatic rings. The monoisotopic (exact) mass is 378 g/mol. The van der Waals surface area contributed by atoms with E-state index in [-0.39, 0.29) is 5.91 Å². The third-order valence-corrected chi connectivity index (χ3v) is 4.81. The number of hydrogen-bond donors (Lipinski definition) is 2. The lowest BCUT2D eigenvalue weighted by atomic mass is 10.1. The van der Waals surface area contributed by atoms with Gasteiger partial charge in [0.15, 0.2) is 0 Å². The second-order valence-electron chi connectivity index (χ2n) is 6.30. The Morgan fingerprint density at radius 3 is 2.48 bits per heavy atom. The summed E-state index contributed by atoms with van der Waals surface area (Å²) in [6, 6.07) is 19.8. The number of nitrogens with one attached hydrogen (secondary N) is 2. The van der Waals surface area contributed by atoms with E-state index in [1.807, 2.05) is 43.3 Å². The lowest BCUT2D eigenvalue weighted by Crippen LogP contribution is -2.14. The Labute approximate surface area is 163 Å². The van der Waals surface area contributed by atoms with Crippen LogP contribution in [0.15, 0.2) is 65.7 Å². The van der Waals surface area contributed by atoms with Gasteiger partial charge in [0, 0.05) is 12.2 Å². The first-order valence-electron chi connectivity index (χ1n) is 8.71. The van der Waals surface area contributed by atoms with Crippen LogP contribution in [-0.4, -0.2) is 21.9 Å². The van der Waals surface area contributed by atoms with Crippen molar-refractivity contribution in [3.05, 3.63) is 77.4 Å². The van der Waals surface area contributed by atoms with Crippen LogP contribution in [0.2, 0.25) is 0 Å². The highest BCUT2D eigenvalue weighted by Gasteiger charge is 2.06. The van der Waals surface area contributed by atoms with Crippen LogP contribution in [-0.2, 0) is 11.3 Å². The van der Waals surface area contributed by atoms with Crippen LogP contribution in [0.25, 0.3) is 0 Å². The summed E-state index contributed by atoms with van der Waals surface area (Å²) in [4.78, 5) is 12.1. The van der Waals surface area contributed by atoms with E-state index in [2.05, 4.69) is 52.0 Å². The number of hydrogen-bond acceptors (Lipinski definition) is 5. The molecule has 2 N–H and O–H groups in total. The van der Waals surface area contributed by atoms with Crippen molar-refractivity contribution in [1.29, 1.82) is 0 Å². The highest BCUT2D eigenvalue weighted by molar-refractivity contribution is 7.99.